The summed E-state index contributed by atoms with van der Waals surface area (Å²) in [5.41, 5.74) is 1.80. The van der Waals surface area contributed by atoms with Gasteiger partial charge in [-0.25, -0.2) is 0 Å². The van der Waals surface area contributed by atoms with Crippen LogP contribution in [-0.4, -0.2) is 35.9 Å². The lowest BCUT2D eigenvalue weighted by Gasteiger charge is -2.31. The van der Waals surface area contributed by atoms with Gasteiger partial charge in [0.1, 0.15) is 11.8 Å². The van der Waals surface area contributed by atoms with Gasteiger partial charge in [-0.15, -0.1) is 0 Å². The molecule has 2 aromatic rings. The zero-order chi connectivity index (χ0) is 22.1. The molecule has 2 unspecified atom stereocenters. The van der Waals surface area contributed by atoms with Gasteiger partial charge in [-0.1, -0.05) is 49.7 Å². The van der Waals surface area contributed by atoms with Crippen molar-refractivity contribution in [3.05, 3.63) is 64.7 Å². The van der Waals surface area contributed by atoms with Gasteiger partial charge in [-0.2, -0.15) is 0 Å². The molecule has 2 amide bonds. The minimum absolute atomic E-state index is 0.0561. The lowest BCUT2D eigenvalue weighted by molar-refractivity contribution is -0.141. The standard InChI is InChI=1S/C24H31ClN2O3/c1-5-17(3)26-24(29)22(6-2)27(16-19-7-11-20(25)12-8-19)23(28)15-18-9-13-21(30-4)14-10-18/h7-14,17,22H,5-6,15-16H2,1-4H3,(H,26,29). The Morgan fingerprint density at radius 2 is 1.60 bits per heavy atom. The van der Waals surface area contributed by atoms with Gasteiger partial charge in [0.25, 0.3) is 0 Å². The van der Waals surface area contributed by atoms with Crippen LogP contribution in [-0.2, 0) is 22.6 Å². The number of carbonyl (C=O) groups excluding carboxylic acids is 2. The Balaban J connectivity index is 2.26. The predicted molar refractivity (Wildman–Crippen MR) is 121 cm³/mol. The van der Waals surface area contributed by atoms with Crippen LogP contribution in [0.2, 0.25) is 5.02 Å². The Labute approximate surface area is 184 Å². The third kappa shape index (κ3) is 6.77. The fourth-order valence-corrected chi connectivity index (χ4v) is 3.29. The third-order valence-electron chi connectivity index (χ3n) is 5.17. The quantitative estimate of drug-likeness (QED) is 0.598. The van der Waals surface area contributed by atoms with E-state index in [2.05, 4.69) is 5.32 Å². The molecule has 162 valence electrons. The van der Waals surface area contributed by atoms with Crippen molar-refractivity contribution in [1.82, 2.24) is 10.2 Å². The van der Waals surface area contributed by atoms with Gasteiger partial charge in [0.05, 0.1) is 13.5 Å². The number of hydrogen-bond acceptors (Lipinski definition) is 3. The number of nitrogens with one attached hydrogen (secondary N) is 1. The molecular formula is C24H31ClN2O3. The maximum Gasteiger partial charge on any atom is 0.243 e. The number of benzene rings is 2. The molecule has 0 aliphatic rings. The monoisotopic (exact) mass is 430 g/mol. The van der Waals surface area contributed by atoms with E-state index < -0.39 is 6.04 Å². The molecule has 0 aromatic heterocycles. The summed E-state index contributed by atoms with van der Waals surface area (Å²) >= 11 is 6.00. The highest BCUT2D eigenvalue weighted by Gasteiger charge is 2.29. The molecule has 2 atom stereocenters. The molecule has 0 heterocycles. The van der Waals surface area contributed by atoms with Gasteiger partial charge >= 0.3 is 0 Å². The maximum absolute atomic E-state index is 13.3. The van der Waals surface area contributed by atoms with Crippen LogP contribution in [0.4, 0.5) is 0 Å². The zero-order valence-corrected chi connectivity index (χ0v) is 18.9. The largest absolute Gasteiger partial charge is 0.497 e. The van der Waals surface area contributed by atoms with E-state index in [0.717, 1.165) is 23.3 Å². The first-order chi connectivity index (χ1) is 14.4. The zero-order valence-electron chi connectivity index (χ0n) is 18.2. The second-order valence-electron chi connectivity index (χ2n) is 7.41. The first-order valence-electron chi connectivity index (χ1n) is 10.3. The second kappa shape index (κ2) is 11.6. The van der Waals surface area contributed by atoms with E-state index in [-0.39, 0.29) is 24.3 Å². The topological polar surface area (TPSA) is 58.6 Å². The van der Waals surface area contributed by atoms with E-state index >= 15 is 0 Å². The van der Waals surface area contributed by atoms with Crippen LogP contribution in [0, 0.1) is 0 Å². The summed E-state index contributed by atoms with van der Waals surface area (Å²) in [6, 6.07) is 14.3. The molecule has 0 bridgehead atoms. The normalized spacial score (nSPS) is 12.7. The lowest BCUT2D eigenvalue weighted by atomic mass is 10.1. The molecule has 1 N–H and O–H groups in total. The molecule has 0 saturated heterocycles. The highest BCUT2D eigenvalue weighted by Crippen LogP contribution is 2.18. The number of rotatable bonds is 10. The van der Waals surface area contributed by atoms with E-state index in [1.54, 1.807) is 24.1 Å². The van der Waals surface area contributed by atoms with Crippen molar-refractivity contribution in [2.75, 3.05) is 7.11 Å². The number of methoxy groups -OCH3 is 1. The van der Waals surface area contributed by atoms with Gasteiger partial charge < -0.3 is 15.0 Å². The van der Waals surface area contributed by atoms with Crippen LogP contribution in [0.1, 0.15) is 44.7 Å². The van der Waals surface area contributed by atoms with Crippen LogP contribution in [0.25, 0.3) is 0 Å². The number of amides is 2. The molecule has 5 nitrogen and oxygen atoms in total. The van der Waals surface area contributed by atoms with Crippen molar-refractivity contribution in [3.8, 4) is 5.75 Å². The fraction of sp³-hybridized carbons (Fsp3) is 0.417. The van der Waals surface area contributed by atoms with Crippen molar-refractivity contribution in [2.24, 2.45) is 0 Å². The molecule has 0 aliphatic heterocycles. The molecule has 0 spiro atoms. The Kier molecular flexibility index (Phi) is 9.18. The van der Waals surface area contributed by atoms with Gasteiger partial charge in [0.2, 0.25) is 11.8 Å². The smallest absolute Gasteiger partial charge is 0.243 e. The predicted octanol–water partition coefficient (Wildman–Crippen LogP) is 4.61. The van der Waals surface area contributed by atoms with Crippen molar-refractivity contribution in [2.45, 2.75) is 58.7 Å². The Hall–Kier alpha value is -2.53. The first kappa shape index (κ1) is 23.7. The SMILES string of the molecule is CCC(C)NC(=O)C(CC)N(Cc1ccc(Cl)cc1)C(=O)Cc1ccc(OC)cc1. The first-order valence-corrected chi connectivity index (χ1v) is 10.7. The van der Waals surface area contributed by atoms with Crippen LogP contribution >= 0.6 is 11.6 Å². The molecule has 2 aromatic carbocycles. The fourth-order valence-electron chi connectivity index (χ4n) is 3.17. The van der Waals surface area contributed by atoms with Gasteiger partial charge in [0.15, 0.2) is 0 Å². The summed E-state index contributed by atoms with van der Waals surface area (Å²) in [5, 5.41) is 3.65. The molecule has 0 radical (unpaired) electrons. The van der Waals surface area contributed by atoms with Crippen LogP contribution in [0.15, 0.2) is 48.5 Å². The summed E-state index contributed by atoms with van der Waals surface area (Å²) in [7, 11) is 1.61. The number of carbonyl (C=O) groups is 2. The molecule has 2 rings (SSSR count). The minimum Gasteiger partial charge on any atom is -0.497 e. The second-order valence-corrected chi connectivity index (χ2v) is 7.85. The van der Waals surface area contributed by atoms with Gasteiger partial charge in [-0.05, 0) is 55.2 Å². The van der Waals surface area contributed by atoms with Gasteiger partial charge in [-0.3, -0.25) is 9.59 Å². The minimum atomic E-state index is -0.541. The summed E-state index contributed by atoms with van der Waals surface area (Å²) in [4.78, 5) is 27.9. The Morgan fingerprint density at radius 3 is 2.13 bits per heavy atom. The lowest BCUT2D eigenvalue weighted by Crippen LogP contribution is -2.51. The summed E-state index contributed by atoms with van der Waals surface area (Å²) in [5.74, 6) is 0.522. The van der Waals surface area contributed by atoms with Crippen molar-refractivity contribution in [1.29, 1.82) is 0 Å². The third-order valence-corrected chi connectivity index (χ3v) is 5.42. The highest BCUT2D eigenvalue weighted by molar-refractivity contribution is 6.30. The molecule has 6 heteroatoms. The number of ether oxygens (including phenoxy) is 1. The summed E-state index contributed by atoms with van der Waals surface area (Å²) in [6.45, 7) is 6.26. The average molecular weight is 431 g/mol. The van der Waals surface area contributed by atoms with E-state index in [0.29, 0.717) is 18.0 Å². The average Bonchev–Trinajstić information content (AvgIpc) is 2.75. The van der Waals surface area contributed by atoms with Crippen molar-refractivity contribution >= 4 is 23.4 Å². The van der Waals surface area contributed by atoms with Crippen molar-refractivity contribution in [3.63, 3.8) is 0 Å². The van der Waals surface area contributed by atoms with E-state index in [4.69, 9.17) is 16.3 Å². The summed E-state index contributed by atoms with van der Waals surface area (Å²) in [6.07, 6.45) is 1.58. The van der Waals surface area contributed by atoms with Gasteiger partial charge in [0, 0.05) is 17.6 Å². The highest BCUT2D eigenvalue weighted by atomic mass is 35.5. The van der Waals surface area contributed by atoms with E-state index in [1.807, 2.05) is 57.2 Å². The molecule has 0 aliphatic carbocycles. The van der Waals surface area contributed by atoms with Crippen LogP contribution in [0.5, 0.6) is 5.75 Å². The number of hydrogen-bond donors (Lipinski definition) is 1. The molecule has 0 fully saturated rings. The molecule has 0 saturated carbocycles. The maximum atomic E-state index is 13.3. The number of nitrogens with zero attached hydrogens (tertiary/aromatic N) is 1. The Morgan fingerprint density at radius 1 is 1.00 bits per heavy atom. The van der Waals surface area contributed by atoms with E-state index in [1.165, 1.54) is 0 Å². The molecule has 30 heavy (non-hydrogen) atoms. The summed E-state index contributed by atoms with van der Waals surface area (Å²) < 4.78 is 5.19. The number of halogens is 1. The molecular weight excluding hydrogens is 400 g/mol. The van der Waals surface area contributed by atoms with Crippen molar-refractivity contribution < 1.29 is 14.3 Å². The van der Waals surface area contributed by atoms with Crippen LogP contribution < -0.4 is 10.1 Å². The van der Waals surface area contributed by atoms with E-state index in [9.17, 15) is 9.59 Å². The van der Waals surface area contributed by atoms with Crippen LogP contribution in [0.3, 0.4) is 0 Å². The Bertz CT molecular complexity index is 821.